The maximum atomic E-state index is 8.98. The topological polar surface area (TPSA) is 59.0 Å². The minimum Gasteiger partial charge on any atom is -0.379 e. The van der Waals surface area contributed by atoms with Gasteiger partial charge in [0.25, 0.3) is 0 Å². The predicted molar refractivity (Wildman–Crippen MR) is 52.3 cm³/mol. The van der Waals surface area contributed by atoms with Crippen molar-refractivity contribution < 1.29 is 4.74 Å². The van der Waals surface area contributed by atoms with Crippen LogP contribution in [0.3, 0.4) is 0 Å². The minimum absolute atomic E-state index is 0.450. The first-order valence-electron chi connectivity index (χ1n) is 4.64. The van der Waals surface area contributed by atoms with Crippen LogP contribution in [0.25, 0.3) is 0 Å². The SMILES string of the molecule is N#CC(N)(CSC1COC1)C1CC1. The van der Waals surface area contributed by atoms with E-state index in [1.807, 2.05) is 0 Å². The Balaban J connectivity index is 1.79. The van der Waals surface area contributed by atoms with E-state index < -0.39 is 5.54 Å². The molecule has 1 saturated heterocycles. The van der Waals surface area contributed by atoms with Crippen LogP contribution in [0.15, 0.2) is 0 Å². The average molecular weight is 198 g/mol. The van der Waals surface area contributed by atoms with E-state index in [4.69, 9.17) is 15.7 Å². The molecule has 0 aromatic rings. The van der Waals surface area contributed by atoms with Crippen LogP contribution in [-0.4, -0.2) is 29.8 Å². The summed E-state index contributed by atoms with van der Waals surface area (Å²) in [4.78, 5) is 0. The summed E-state index contributed by atoms with van der Waals surface area (Å²) < 4.78 is 5.07. The van der Waals surface area contributed by atoms with Gasteiger partial charge in [-0.15, -0.1) is 0 Å². The molecule has 13 heavy (non-hydrogen) atoms. The van der Waals surface area contributed by atoms with Crippen molar-refractivity contribution >= 4 is 11.8 Å². The number of nitriles is 1. The van der Waals surface area contributed by atoms with E-state index >= 15 is 0 Å². The second kappa shape index (κ2) is 3.49. The van der Waals surface area contributed by atoms with Gasteiger partial charge in [0.1, 0.15) is 5.54 Å². The van der Waals surface area contributed by atoms with Gasteiger partial charge in [-0.25, -0.2) is 0 Å². The third-order valence-electron chi connectivity index (χ3n) is 2.68. The zero-order valence-electron chi connectivity index (χ0n) is 7.53. The van der Waals surface area contributed by atoms with Crippen molar-refractivity contribution in [2.75, 3.05) is 19.0 Å². The zero-order valence-corrected chi connectivity index (χ0v) is 8.35. The second-order valence-corrected chi connectivity index (χ2v) is 5.19. The van der Waals surface area contributed by atoms with E-state index in [0.29, 0.717) is 11.2 Å². The Morgan fingerprint density at radius 1 is 1.54 bits per heavy atom. The summed E-state index contributed by atoms with van der Waals surface area (Å²) in [6, 6.07) is 2.26. The number of ether oxygens (including phenoxy) is 1. The molecule has 1 atom stereocenters. The molecule has 2 fully saturated rings. The van der Waals surface area contributed by atoms with Gasteiger partial charge in [-0.2, -0.15) is 17.0 Å². The molecule has 0 spiro atoms. The number of nitrogens with zero attached hydrogens (tertiary/aromatic N) is 1. The summed E-state index contributed by atoms with van der Waals surface area (Å²) in [5, 5.41) is 9.56. The molecule has 1 aliphatic heterocycles. The van der Waals surface area contributed by atoms with Crippen LogP contribution in [0.4, 0.5) is 0 Å². The Hall–Kier alpha value is -0.240. The fourth-order valence-electron chi connectivity index (χ4n) is 1.41. The number of rotatable bonds is 4. The Morgan fingerprint density at radius 2 is 2.23 bits per heavy atom. The van der Waals surface area contributed by atoms with Crippen molar-refractivity contribution in [2.45, 2.75) is 23.6 Å². The van der Waals surface area contributed by atoms with Gasteiger partial charge in [0, 0.05) is 5.75 Å². The highest BCUT2D eigenvalue weighted by molar-refractivity contribution is 8.00. The minimum atomic E-state index is -0.569. The molecule has 72 valence electrons. The van der Waals surface area contributed by atoms with Gasteiger partial charge >= 0.3 is 0 Å². The van der Waals surface area contributed by atoms with E-state index in [9.17, 15) is 0 Å². The van der Waals surface area contributed by atoms with Crippen LogP contribution in [0.5, 0.6) is 0 Å². The molecule has 0 amide bonds. The monoisotopic (exact) mass is 198 g/mol. The number of hydrogen-bond acceptors (Lipinski definition) is 4. The third kappa shape index (κ3) is 1.98. The second-order valence-electron chi connectivity index (χ2n) is 3.90. The van der Waals surface area contributed by atoms with E-state index in [0.717, 1.165) is 31.8 Å². The molecule has 0 bridgehead atoms. The molecule has 2 rings (SSSR count). The maximum Gasteiger partial charge on any atom is 0.116 e. The molecule has 2 aliphatic rings. The molecule has 2 N–H and O–H groups in total. The van der Waals surface area contributed by atoms with Crippen molar-refractivity contribution in [1.29, 1.82) is 5.26 Å². The zero-order chi connectivity index (χ0) is 9.31. The highest BCUT2D eigenvalue weighted by Gasteiger charge is 2.43. The van der Waals surface area contributed by atoms with Gasteiger partial charge in [0.05, 0.1) is 24.5 Å². The molecule has 3 nitrogen and oxygen atoms in total. The molecular formula is C9H14N2OS. The first-order valence-corrected chi connectivity index (χ1v) is 5.69. The van der Waals surface area contributed by atoms with E-state index in [1.54, 1.807) is 11.8 Å². The van der Waals surface area contributed by atoms with Crippen LogP contribution in [0, 0.1) is 17.2 Å². The predicted octanol–water partition coefficient (Wildman–Crippen LogP) is 0.749. The highest BCUT2D eigenvalue weighted by atomic mass is 32.2. The van der Waals surface area contributed by atoms with Crippen molar-refractivity contribution in [3.05, 3.63) is 0 Å². The van der Waals surface area contributed by atoms with Crippen LogP contribution in [0.2, 0.25) is 0 Å². The molecule has 0 aromatic carbocycles. The summed E-state index contributed by atoms with van der Waals surface area (Å²) in [6.45, 7) is 1.66. The summed E-state index contributed by atoms with van der Waals surface area (Å²) in [6.07, 6.45) is 2.26. The maximum absolute atomic E-state index is 8.98. The fourth-order valence-corrected chi connectivity index (χ4v) is 2.60. The van der Waals surface area contributed by atoms with Crippen molar-refractivity contribution in [1.82, 2.24) is 0 Å². The first kappa shape index (κ1) is 9.32. The molecule has 1 aliphatic carbocycles. The van der Waals surface area contributed by atoms with Crippen molar-refractivity contribution in [3.63, 3.8) is 0 Å². The van der Waals surface area contributed by atoms with Gasteiger partial charge in [-0.05, 0) is 18.8 Å². The van der Waals surface area contributed by atoms with Crippen LogP contribution in [0.1, 0.15) is 12.8 Å². The number of hydrogen-bond donors (Lipinski definition) is 1. The van der Waals surface area contributed by atoms with E-state index in [-0.39, 0.29) is 0 Å². The average Bonchev–Trinajstić information content (AvgIpc) is 2.83. The third-order valence-corrected chi connectivity index (χ3v) is 4.07. The molecule has 1 unspecified atom stereocenters. The normalized spacial score (nSPS) is 27.4. The van der Waals surface area contributed by atoms with Gasteiger partial charge in [0.2, 0.25) is 0 Å². The van der Waals surface area contributed by atoms with Crippen molar-refractivity contribution in [3.8, 4) is 6.07 Å². The van der Waals surface area contributed by atoms with Crippen LogP contribution in [-0.2, 0) is 4.74 Å². The van der Waals surface area contributed by atoms with Gasteiger partial charge in [-0.3, -0.25) is 0 Å². The lowest BCUT2D eigenvalue weighted by Gasteiger charge is -2.29. The molecule has 0 aromatic heterocycles. The van der Waals surface area contributed by atoms with Gasteiger partial charge in [0.15, 0.2) is 0 Å². The van der Waals surface area contributed by atoms with Gasteiger partial charge < -0.3 is 10.5 Å². The van der Waals surface area contributed by atoms with Gasteiger partial charge in [-0.1, -0.05) is 0 Å². The largest absolute Gasteiger partial charge is 0.379 e. The standard InChI is InChI=1S/C9H14N2OS/c10-5-9(11,7-1-2-7)6-13-8-3-12-4-8/h7-8H,1-4,6,11H2. The molecule has 1 saturated carbocycles. The quantitative estimate of drug-likeness (QED) is 0.724. The molecular weight excluding hydrogens is 184 g/mol. The molecule has 0 radical (unpaired) electrons. The first-order chi connectivity index (χ1) is 6.24. The lowest BCUT2D eigenvalue weighted by Crippen LogP contribution is -2.45. The fraction of sp³-hybridized carbons (Fsp3) is 0.889. The summed E-state index contributed by atoms with van der Waals surface area (Å²) in [7, 11) is 0. The Kier molecular flexibility index (Phi) is 2.50. The number of thioether (sulfide) groups is 1. The highest BCUT2D eigenvalue weighted by Crippen LogP contribution is 2.40. The van der Waals surface area contributed by atoms with E-state index in [2.05, 4.69) is 6.07 Å². The Labute approximate surface area is 82.6 Å². The molecule has 1 heterocycles. The summed E-state index contributed by atoms with van der Waals surface area (Å²) in [5.74, 6) is 1.22. The Morgan fingerprint density at radius 3 is 2.62 bits per heavy atom. The number of nitrogens with two attached hydrogens (primary N) is 1. The summed E-state index contributed by atoms with van der Waals surface area (Å²) >= 11 is 1.79. The van der Waals surface area contributed by atoms with Crippen LogP contribution < -0.4 is 5.73 Å². The lowest BCUT2D eigenvalue weighted by molar-refractivity contribution is 0.0454. The lowest BCUT2D eigenvalue weighted by atomic mass is 10.00. The Bertz CT molecular complexity index is 232. The van der Waals surface area contributed by atoms with Crippen LogP contribution >= 0.6 is 11.8 Å². The van der Waals surface area contributed by atoms with Crippen molar-refractivity contribution in [2.24, 2.45) is 11.7 Å². The summed E-state index contributed by atoms with van der Waals surface area (Å²) in [5.41, 5.74) is 5.44. The van der Waals surface area contributed by atoms with E-state index in [1.165, 1.54) is 0 Å². The molecule has 4 heteroatoms. The smallest absolute Gasteiger partial charge is 0.116 e.